The van der Waals surface area contributed by atoms with Crippen LogP contribution in [-0.4, -0.2) is 70.8 Å². The van der Waals surface area contributed by atoms with Crippen LogP contribution < -0.4 is 5.32 Å². The Kier molecular flexibility index (Phi) is 5.96. The van der Waals surface area contributed by atoms with E-state index in [0.29, 0.717) is 12.1 Å². The number of fused-ring (bicyclic) bond motifs is 1. The highest BCUT2D eigenvalue weighted by Crippen LogP contribution is 2.40. The summed E-state index contributed by atoms with van der Waals surface area (Å²) in [4.78, 5) is 7.26. The molecule has 0 aromatic carbocycles. The van der Waals surface area contributed by atoms with Crippen molar-refractivity contribution < 1.29 is 9.47 Å². The summed E-state index contributed by atoms with van der Waals surface area (Å²) in [5.41, 5.74) is 2.36. The Labute approximate surface area is 167 Å². The molecular formula is C21H33N5O2. The first kappa shape index (κ1) is 19.8. The van der Waals surface area contributed by atoms with E-state index in [2.05, 4.69) is 47.1 Å². The van der Waals surface area contributed by atoms with Crippen LogP contribution in [0.5, 0.6) is 0 Å². The van der Waals surface area contributed by atoms with Crippen LogP contribution in [0.15, 0.2) is 18.5 Å². The summed E-state index contributed by atoms with van der Waals surface area (Å²) in [6.45, 7) is 12.6. The summed E-state index contributed by atoms with van der Waals surface area (Å²) in [5.74, 6) is 0. The zero-order chi connectivity index (χ0) is 19.6. The van der Waals surface area contributed by atoms with Crippen molar-refractivity contribution in [2.45, 2.75) is 57.8 Å². The first-order valence-corrected chi connectivity index (χ1v) is 10.6. The summed E-state index contributed by atoms with van der Waals surface area (Å²) in [6.07, 6.45) is 6.49. The lowest BCUT2D eigenvalue weighted by atomic mass is 9.72. The van der Waals surface area contributed by atoms with Crippen LogP contribution in [0.4, 0.5) is 0 Å². The van der Waals surface area contributed by atoms with E-state index < -0.39 is 0 Å². The molecule has 0 radical (unpaired) electrons. The van der Waals surface area contributed by atoms with Gasteiger partial charge in [0.2, 0.25) is 0 Å². The van der Waals surface area contributed by atoms with Crippen molar-refractivity contribution in [3.8, 4) is 0 Å². The zero-order valence-electron chi connectivity index (χ0n) is 17.4. The second-order valence-corrected chi connectivity index (χ2v) is 8.35. The Hall–Kier alpha value is -1.54. The van der Waals surface area contributed by atoms with Gasteiger partial charge < -0.3 is 14.8 Å². The second-order valence-electron chi connectivity index (χ2n) is 8.35. The summed E-state index contributed by atoms with van der Waals surface area (Å²) in [7, 11) is 0. The maximum Gasteiger partial charge on any atom is 0.157 e. The minimum atomic E-state index is 0.198. The van der Waals surface area contributed by atoms with Crippen LogP contribution >= 0.6 is 0 Å². The fraction of sp³-hybridized carbons (Fsp3) is 0.714. The van der Waals surface area contributed by atoms with Gasteiger partial charge in [-0.25, -0.2) is 9.67 Å². The minimum Gasteiger partial charge on any atom is -0.379 e. The molecule has 2 aromatic heterocycles. The molecule has 1 saturated heterocycles. The van der Waals surface area contributed by atoms with Crippen LogP contribution in [0.2, 0.25) is 0 Å². The maximum atomic E-state index is 5.85. The first-order valence-electron chi connectivity index (χ1n) is 10.6. The first-order chi connectivity index (χ1) is 13.6. The third kappa shape index (κ3) is 3.94. The normalized spacial score (nSPS) is 26.1. The molecule has 1 N–H and O–H groups in total. The number of morpholine rings is 1. The van der Waals surface area contributed by atoms with Crippen LogP contribution in [0.1, 0.15) is 45.2 Å². The van der Waals surface area contributed by atoms with Crippen molar-refractivity contribution in [1.82, 2.24) is 25.0 Å². The average molecular weight is 388 g/mol. The number of pyridine rings is 1. The number of nitrogens with one attached hydrogen (secondary N) is 1. The van der Waals surface area contributed by atoms with Gasteiger partial charge in [-0.15, -0.1) is 0 Å². The number of nitrogens with zero attached hydrogens (tertiary/aromatic N) is 4. The van der Waals surface area contributed by atoms with Crippen LogP contribution in [0, 0.1) is 0 Å². The molecule has 2 aliphatic rings. The molecule has 1 aliphatic heterocycles. The number of aromatic nitrogens is 3. The van der Waals surface area contributed by atoms with Crippen molar-refractivity contribution in [2.75, 3.05) is 39.5 Å². The standard InChI is InChI=1S/C21H33N5O2/c1-4-28-19-10-21(11-19,25-5-7-27-8-6-25)15-22-12-17-9-18-14-24-26(16(2)3)20(18)23-13-17/h9,13-14,16,19,22H,4-8,10-12,15H2,1-3H3. The minimum absolute atomic E-state index is 0.198. The van der Waals surface area contributed by atoms with E-state index in [1.54, 1.807) is 0 Å². The van der Waals surface area contributed by atoms with Gasteiger partial charge in [-0.2, -0.15) is 5.10 Å². The Morgan fingerprint density at radius 1 is 1.29 bits per heavy atom. The molecule has 3 heterocycles. The maximum absolute atomic E-state index is 5.85. The average Bonchev–Trinajstić information content (AvgIpc) is 3.10. The smallest absolute Gasteiger partial charge is 0.157 e. The molecule has 0 amide bonds. The number of ether oxygens (including phenoxy) is 2. The van der Waals surface area contributed by atoms with Crippen molar-refractivity contribution in [3.63, 3.8) is 0 Å². The van der Waals surface area contributed by atoms with E-state index in [1.165, 1.54) is 5.56 Å². The summed E-state index contributed by atoms with van der Waals surface area (Å²) in [6, 6.07) is 2.52. The van der Waals surface area contributed by atoms with Crippen molar-refractivity contribution in [1.29, 1.82) is 0 Å². The van der Waals surface area contributed by atoms with Gasteiger partial charge in [-0.1, -0.05) is 0 Å². The predicted octanol–water partition coefficient (Wildman–Crippen LogP) is 2.37. The fourth-order valence-electron chi connectivity index (χ4n) is 4.59. The Morgan fingerprint density at radius 2 is 2.07 bits per heavy atom. The van der Waals surface area contributed by atoms with Crippen molar-refractivity contribution in [3.05, 3.63) is 24.0 Å². The van der Waals surface area contributed by atoms with E-state index in [-0.39, 0.29) is 5.54 Å². The third-order valence-corrected chi connectivity index (χ3v) is 6.06. The van der Waals surface area contributed by atoms with Crippen LogP contribution in [-0.2, 0) is 16.0 Å². The zero-order valence-corrected chi connectivity index (χ0v) is 17.4. The topological polar surface area (TPSA) is 64.4 Å². The monoisotopic (exact) mass is 387 g/mol. The van der Waals surface area contributed by atoms with Gasteiger partial charge in [0.1, 0.15) is 0 Å². The highest BCUT2D eigenvalue weighted by atomic mass is 16.5. The lowest BCUT2D eigenvalue weighted by Crippen LogP contribution is -2.66. The van der Waals surface area contributed by atoms with E-state index in [9.17, 15) is 0 Å². The van der Waals surface area contributed by atoms with E-state index >= 15 is 0 Å². The molecule has 0 unspecified atom stereocenters. The molecule has 7 heteroatoms. The second kappa shape index (κ2) is 8.45. The molecular weight excluding hydrogens is 354 g/mol. The van der Waals surface area contributed by atoms with E-state index in [4.69, 9.17) is 9.47 Å². The quantitative estimate of drug-likeness (QED) is 0.750. The molecule has 2 fully saturated rings. The molecule has 1 aliphatic carbocycles. The van der Waals surface area contributed by atoms with Crippen molar-refractivity contribution in [2.24, 2.45) is 0 Å². The summed E-state index contributed by atoms with van der Waals surface area (Å²) < 4.78 is 13.4. The lowest BCUT2D eigenvalue weighted by Gasteiger charge is -2.55. The molecule has 4 rings (SSSR count). The lowest BCUT2D eigenvalue weighted by molar-refractivity contribution is -0.125. The fourth-order valence-corrected chi connectivity index (χ4v) is 4.59. The summed E-state index contributed by atoms with van der Waals surface area (Å²) in [5, 5.41) is 9.27. The molecule has 0 atom stereocenters. The Bertz CT molecular complexity index is 778. The van der Waals surface area contributed by atoms with Gasteiger partial charge in [-0.3, -0.25) is 4.90 Å². The van der Waals surface area contributed by atoms with Crippen LogP contribution in [0.25, 0.3) is 11.0 Å². The predicted molar refractivity (Wildman–Crippen MR) is 109 cm³/mol. The van der Waals surface area contributed by atoms with E-state index in [0.717, 1.165) is 69.9 Å². The van der Waals surface area contributed by atoms with Gasteiger partial charge in [0, 0.05) is 55.9 Å². The van der Waals surface area contributed by atoms with Crippen LogP contribution in [0.3, 0.4) is 0 Å². The Balaban J connectivity index is 1.38. The molecule has 0 spiro atoms. The SMILES string of the molecule is CCOC1CC(CNCc2cnc3c(cnn3C(C)C)c2)(N2CCOCC2)C1. The van der Waals surface area contributed by atoms with Gasteiger partial charge in [-0.05, 0) is 45.2 Å². The molecule has 2 aromatic rings. The summed E-state index contributed by atoms with van der Waals surface area (Å²) >= 11 is 0. The van der Waals surface area contributed by atoms with Gasteiger partial charge in [0.15, 0.2) is 5.65 Å². The molecule has 154 valence electrons. The number of hydrogen-bond acceptors (Lipinski definition) is 6. The number of rotatable bonds is 8. The number of hydrogen-bond donors (Lipinski definition) is 1. The van der Waals surface area contributed by atoms with Gasteiger partial charge in [0.25, 0.3) is 0 Å². The van der Waals surface area contributed by atoms with Gasteiger partial charge >= 0.3 is 0 Å². The molecule has 1 saturated carbocycles. The molecule has 28 heavy (non-hydrogen) atoms. The third-order valence-electron chi connectivity index (χ3n) is 6.06. The van der Waals surface area contributed by atoms with E-state index in [1.807, 2.05) is 17.1 Å². The van der Waals surface area contributed by atoms with Gasteiger partial charge in [0.05, 0.1) is 25.5 Å². The highest BCUT2D eigenvalue weighted by molar-refractivity contribution is 5.75. The Morgan fingerprint density at radius 3 is 2.79 bits per heavy atom. The largest absolute Gasteiger partial charge is 0.379 e. The molecule has 0 bridgehead atoms. The van der Waals surface area contributed by atoms with Crippen molar-refractivity contribution >= 4 is 11.0 Å². The highest BCUT2D eigenvalue weighted by Gasteiger charge is 2.48. The molecule has 7 nitrogen and oxygen atoms in total.